The molecular formula is C14H15ClN4O2. The number of fused-ring (bicyclic) bond motifs is 1. The minimum absolute atomic E-state index is 0.155. The van der Waals surface area contributed by atoms with Crippen LogP contribution in [-0.4, -0.2) is 38.3 Å². The number of pyridine rings is 1. The maximum absolute atomic E-state index is 12.4. The Labute approximate surface area is 126 Å². The highest BCUT2D eigenvalue weighted by atomic mass is 35.5. The van der Waals surface area contributed by atoms with E-state index in [-0.39, 0.29) is 17.7 Å². The van der Waals surface area contributed by atoms with E-state index in [1.54, 1.807) is 4.57 Å². The van der Waals surface area contributed by atoms with Crippen molar-refractivity contribution in [3.8, 4) is 0 Å². The standard InChI is InChI=1S/C14H15ClN4O2/c1-8-3-4-9-13(16-8)19(11(7-15)17-9)10-5-6-12(20)18(2)14(10)21/h3-4,10H,5-7H2,1-2H3. The second-order valence-electron chi connectivity index (χ2n) is 5.17. The molecule has 0 saturated carbocycles. The Morgan fingerprint density at radius 2 is 2.10 bits per heavy atom. The zero-order chi connectivity index (χ0) is 15.1. The Morgan fingerprint density at radius 3 is 2.81 bits per heavy atom. The molecule has 0 bridgehead atoms. The number of likely N-dealkylation sites (N-methyl/N-ethyl adjacent to an activating group) is 1. The van der Waals surface area contributed by atoms with Crippen molar-refractivity contribution < 1.29 is 9.59 Å². The van der Waals surface area contributed by atoms with E-state index in [1.165, 1.54) is 11.9 Å². The molecule has 3 heterocycles. The summed E-state index contributed by atoms with van der Waals surface area (Å²) in [5, 5.41) is 0. The molecule has 7 heteroatoms. The van der Waals surface area contributed by atoms with Gasteiger partial charge >= 0.3 is 0 Å². The van der Waals surface area contributed by atoms with E-state index >= 15 is 0 Å². The van der Waals surface area contributed by atoms with E-state index < -0.39 is 6.04 Å². The van der Waals surface area contributed by atoms with Crippen molar-refractivity contribution in [2.75, 3.05) is 7.05 Å². The van der Waals surface area contributed by atoms with Crippen LogP contribution in [0.2, 0.25) is 0 Å². The van der Waals surface area contributed by atoms with Crippen molar-refractivity contribution in [2.24, 2.45) is 0 Å². The molecule has 0 spiro atoms. The number of piperidine rings is 1. The van der Waals surface area contributed by atoms with Crippen molar-refractivity contribution in [1.29, 1.82) is 0 Å². The van der Waals surface area contributed by atoms with Gasteiger partial charge in [0.2, 0.25) is 5.91 Å². The predicted molar refractivity (Wildman–Crippen MR) is 77.9 cm³/mol. The van der Waals surface area contributed by atoms with Crippen molar-refractivity contribution in [3.05, 3.63) is 23.7 Å². The third kappa shape index (κ3) is 2.19. The molecule has 1 aliphatic heterocycles. The maximum Gasteiger partial charge on any atom is 0.252 e. The van der Waals surface area contributed by atoms with Gasteiger partial charge in [0.25, 0.3) is 5.91 Å². The van der Waals surface area contributed by atoms with Crippen molar-refractivity contribution in [3.63, 3.8) is 0 Å². The zero-order valence-electron chi connectivity index (χ0n) is 11.8. The summed E-state index contributed by atoms with van der Waals surface area (Å²) in [7, 11) is 1.51. The van der Waals surface area contributed by atoms with E-state index in [0.717, 1.165) is 5.69 Å². The minimum atomic E-state index is -0.472. The van der Waals surface area contributed by atoms with E-state index in [4.69, 9.17) is 11.6 Å². The summed E-state index contributed by atoms with van der Waals surface area (Å²) in [6, 6.07) is 3.27. The molecular weight excluding hydrogens is 292 g/mol. The number of hydrogen-bond acceptors (Lipinski definition) is 4. The summed E-state index contributed by atoms with van der Waals surface area (Å²) >= 11 is 5.97. The molecule has 2 amide bonds. The van der Waals surface area contributed by atoms with Crippen LogP contribution in [0.1, 0.15) is 30.4 Å². The largest absolute Gasteiger partial charge is 0.299 e. The van der Waals surface area contributed by atoms with E-state index in [2.05, 4.69) is 9.97 Å². The lowest BCUT2D eigenvalue weighted by Gasteiger charge is -2.29. The van der Waals surface area contributed by atoms with Crippen LogP contribution in [-0.2, 0) is 15.5 Å². The quantitative estimate of drug-likeness (QED) is 0.627. The Morgan fingerprint density at radius 1 is 1.33 bits per heavy atom. The number of alkyl halides is 1. The van der Waals surface area contributed by atoms with Crippen LogP contribution in [0.3, 0.4) is 0 Å². The molecule has 0 N–H and O–H groups in total. The van der Waals surface area contributed by atoms with E-state index in [0.29, 0.717) is 29.8 Å². The molecule has 21 heavy (non-hydrogen) atoms. The molecule has 1 fully saturated rings. The average Bonchev–Trinajstić information content (AvgIpc) is 2.83. The second-order valence-corrected chi connectivity index (χ2v) is 5.44. The Kier molecular flexibility index (Phi) is 3.41. The molecule has 1 saturated heterocycles. The highest BCUT2D eigenvalue weighted by Gasteiger charge is 2.35. The maximum atomic E-state index is 12.4. The van der Waals surface area contributed by atoms with Crippen LogP contribution in [0.4, 0.5) is 0 Å². The summed E-state index contributed by atoms with van der Waals surface area (Å²) in [4.78, 5) is 34.1. The Bertz CT molecular complexity index is 740. The number of carbonyl (C=O) groups is 2. The van der Waals surface area contributed by atoms with Crippen molar-refractivity contribution in [1.82, 2.24) is 19.4 Å². The topological polar surface area (TPSA) is 68.1 Å². The van der Waals surface area contributed by atoms with Gasteiger partial charge in [-0.15, -0.1) is 11.6 Å². The lowest BCUT2D eigenvalue weighted by Crippen LogP contribution is -2.43. The number of imide groups is 1. The lowest BCUT2D eigenvalue weighted by atomic mass is 10.0. The van der Waals surface area contributed by atoms with Gasteiger partial charge in [-0.25, -0.2) is 9.97 Å². The Hall–Kier alpha value is -1.95. The van der Waals surface area contributed by atoms with Crippen molar-refractivity contribution >= 4 is 34.6 Å². The molecule has 3 rings (SSSR count). The number of aryl methyl sites for hydroxylation is 1. The first-order chi connectivity index (χ1) is 10.0. The molecule has 0 aromatic carbocycles. The molecule has 110 valence electrons. The van der Waals surface area contributed by atoms with Crippen LogP contribution in [0.25, 0.3) is 11.2 Å². The van der Waals surface area contributed by atoms with Crippen LogP contribution >= 0.6 is 11.6 Å². The molecule has 1 unspecified atom stereocenters. The zero-order valence-corrected chi connectivity index (χ0v) is 12.6. The van der Waals surface area contributed by atoms with Crippen LogP contribution in [0, 0.1) is 6.92 Å². The Balaban J connectivity index is 2.16. The summed E-state index contributed by atoms with van der Waals surface area (Å²) in [6.45, 7) is 1.88. The van der Waals surface area contributed by atoms with Gasteiger partial charge in [0.15, 0.2) is 5.65 Å². The number of amides is 2. The van der Waals surface area contributed by atoms with Gasteiger partial charge in [0.1, 0.15) is 17.4 Å². The fourth-order valence-corrected chi connectivity index (χ4v) is 2.86. The smallest absolute Gasteiger partial charge is 0.252 e. The first-order valence-corrected chi connectivity index (χ1v) is 7.27. The predicted octanol–water partition coefficient (Wildman–Crippen LogP) is 1.80. The van der Waals surface area contributed by atoms with Crippen LogP contribution in [0.15, 0.2) is 12.1 Å². The number of imidazole rings is 1. The lowest BCUT2D eigenvalue weighted by molar-refractivity contribution is -0.149. The third-order valence-corrected chi connectivity index (χ3v) is 4.04. The van der Waals surface area contributed by atoms with Gasteiger partial charge in [0.05, 0.1) is 5.88 Å². The van der Waals surface area contributed by atoms with Crippen LogP contribution in [0.5, 0.6) is 0 Å². The molecule has 2 aromatic rings. The third-order valence-electron chi connectivity index (χ3n) is 3.80. The SMILES string of the molecule is Cc1ccc2nc(CCl)n(C3CCC(=O)N(C)C3=O)c2n1. The van der Waals surface area contributed by atoms with Gasteiger partial charge < -0.3 is 0 Å². The molecule has 0 radical (unpaired) electrons. The highest BCUT2D eigenvalue weighted by molar-refractivity contribution is 6.17. The van der Waals surface area contributed by atoms with Gasteiger partial charge in [-0.3, -0.25) is 19.1 Å². The number of hydrogen-bond donors (Lipinski definition) is 0. The molecule has 6 nitrogen and oxygen atoms in total. The van der Waals surface area contributed by atoms with Gasteiger partial charge in [0, 0.05) is 19.2 Å². The second kappa shape index (κ2) is 5.11. The summed E-state index contributed by atoms with van der Waals surface area (Å²) in [5.74, 6) is 0.403. The monoisotopic (exact) mass is 306 g/mol. The fourth-order valence-electron chi connectivity index (χ4n) is 2.67. The number of rotatable bonds is 2. The number of aromatic nitrogens is 3. The number of nitrogens with zero attached hydrogens (tertiary/aromatic N) is 4. The molecule has 1 aliphatic rings. The summed E-state index contributed by atoms with van der Waals surface area (Å²) in [6.07, 6.45) is 0.785. The summed E-state index contributed by atoms with van der Waals surface area (Å²) in [5.41, 5.74) is 2.20. The van der Waals surface area contributed by atoms with E-state index in [9.17, 15) is 9.59 Å². The molecule has 1 atom stereocenters. The summed E-state index contributed by atoms with van der Waals surface area (Å²) < 4.78 is 1.78. The first-order valence-electron chi connectivity index (χ1n) is 6.73. The normalized spacial score (nSPS) is 19.6. The first kappa shape index (κ1) is 14.0. The van der Waals surface area contributed by atoms with Gasteiger partial charge in [-0.05, 0) is 25.5 Å². The molecule has 0 aliphatic carbocycles. The van der Waals surface area contributed by atoms with E-state index in [1.807, 2.05) is 19.1 Å². The highest BCUT2D eigenvalue weighted by Crippen LogP contribution is 2.29. The number of carbonyl (C=O) groups excluding carboxylic acids is 2. The number of halogens is 1. The van der Waals surface area contributed by atoms with Gasteiger partial charge in [-0.2, -0.15) is 0 Å². The molecule has 2 aromatic heterocycles. The minimum Gasteiger partial charge on any atom is -0.299 e. The fraction of sp³-hybridized carbons (Fsp3) is 0.429. The van der Waals surface area contributed by atoms with Crippen molar-refractivity contribution in [2.45, 2.75) is 31.7 Å². The average molecular weight is 307 g/mol. The van der Waals surface area contributed by atoms with Gasteiger partial charge in [-0.1, -0.05) is 0 Å². The number of likely N-dealkylation sites (tertiary alicyclic amines) is 1. The van der Waals surface area contributed by atoms with Crippen LogP contribution < -0.4 is 0 Å².